The number of rotatable bonds is 10. The summed E-state index contributed by atoms with van der Waals surface area (Å²) in [5.74, 6) is -0.230. The number of benzene rings is 3. The summed E-state index contributed by atoms with van der Waals surface area (Å²) in [6, 6.07) is 15.6. The number of sulfonamides is 1. The molecule has 0 heterocycles. The second-order valence-electron chi connectivity index (χ2n) is 8.02. The zero-order chi connectivity index (χ0) is 25.8. The number of halogens is 1. The number of nitrogens with one attached hydrogen (secondary N) is 1. The molecule has 0 aliphatic heterocycles. The molecular formula is C25H28ClN3O5S. The van der Waals surface area contributed by atoms with Crippen molar-refractivity contribution in [1.29, 1.82) is 0 Å². The number of anilines is 1. The summed E-state index contributed by atoms with van der Waals surface area (Å²) in [6.45, 7) is 0. The Morgan fingerprint density at radius 1 is 1.00 bits per heavy atom. The Kier molecular flexibility index (Phi) is 8.26. The number of hydrogen-bond donors (Lipinski definition) is 2. The summed E-state index contributed by atoms with van der Waals surface area (Å²) in [5.41, 5.74) is 8.55. The summed E-state index contributed by atoms with van der Waals surface area (Å²) in [7, 11) is 2.47. The van der Waals surface area contributed by atoms with E-state index in [2.05, 4.69) is 4.72 Å². The lowest BCUT2D eigenvalue weighted by molar-refractivity contribution is -0.119. The topological polar surface area (TPSA) is 111 Å². The zero-order valence-corrected chi connectivity index (χ0v) is 21.5. The van der Waals surface area contributed by atoms with Gasteiger partial charge in [0.2, 0.25) is 15.9 Å². The van der Waals surface area contributed by atoms with Crippen molar-refractivity contribution >= 4 is 33.2 Å². The van der Waals surface area contributed by atoms with Crippen LogP contribution in [0.5, 0.6) is 11.5 Å². The first kappa shape index (κ1) is 26.3. The molecule has 0 saturated heterocycles. The SMILES string of the molecule is COc1ccc(S(=O)(=O)NC(C(N)=O)c2ccc(N(C)C)cc2Cc2ccccc2Cl)cc1OC. The molecule has 0 aliphatic rings. The average molecular weight is 518 g/mol. The summed E-state index contributed by atoms with van der Waals surface area (Å²) in [6.07, 6.45) is 0.374. The number of ether oxygens (including phenoxy) is 2. The first-order valence-electron chi connectivity index (χ1n) is 10.6. The highest BCUT2D eigenvalue weighted by atomic mass is 35.5. The van der Waals surface area contributed by atoms with Crippen LogP contribution in [0.2, 0.25) is 5.02 Å². The summed E-state index contributed by atoms with van der Waals surface area (Å²) in [5, 5.41) is 0.565. The average Bonchev–Trinajstić information content (AvgIpc) is 2.83. The molecule has 3 aromatic rings. The van der Waals surface area contributed by atoms with Crippen LogP contribution in [0.1, 0.15) is 22.7 Å². The van der Waals surface area contributed by atoms with E-state index in [1.54, 1.807) is 18.2 Å². The lowest BCUT2D eigenvalue weighted by Crippen LogP contribution is -2.38. The van der Waals surface area contributed by atoms with Crippen molar-refractivity contribution in [3.8, 4) is 11.5 Å². The molecule has 1 amide bonds. The number of carbonyl (C=O) groups excluding carboxylic acids is 1. The molecule has 0 bridgehead atoms. The molecule has 0 aliphatic carbocycles. The number of hydrogen-bond acceptors (Lipinski definition) is 6. The molecule has 10 heteroatoms. The van der Waals surface area contributed by atoms with E-state index in [0.717, 1.165) is 11.3 Å². The first-order valence-corrected chi connectivity index (χ1v) is 12.5. The monoisotopic (exact) mass is 517 g/mol. The van der Waals surface area contributed by atoms with Crippen molar-refractivity contribution in [3.05, 3.63) is 82.4 Å². The number of carbonyl (C=O) groups is 1. The standard InChI is InChI=1S/C25H28ClN3O5S/c1-29(2)18-9-11-20(17(14-18)13-16-7-5-6-8-21(16)26)24(25(27)30)28-35(31,32)19-10-12-22(33-3)23(15-19)34-4/h5-12,14-15,24,28H,13H2,1-4H3,(H2,27,30). The van der Waals surface area contributed by atoms with E-state index in [1.165, 1.54) is 32.4 Å². The van der Waals surface area contributed by atoms with Crippen molar-refractivity contribution in [2.24, 2.45) is 5.73 Å². The van der Waals surface area contributed by atoms with E-state index in [9.17, 15) is 13.2 Å². The molecule has 0 saturated carbocycles. The van der Waals surface area contributed by atoms with E-state index in [4.69, 9.17) is 26.8 Å². The van der Waals surface area contributed by atoms with Gasteiger partial charge in [0.15, 0.2) is 11.5 Å². The highest BCUT2D eigenvalue weighted by Gasteiger charge is 2.28. The van der Waals surface area contributed by atoms with Crippen molar-refractivity contribution in [2.45, 2.75) is 17.4 Å². The Morgan fingerprint density at radius 2 is 1.69 bits per heavy atom. The van der Waals surface area contributed by atoms with Gasteiger partial charge in [-0.3, -0.25) is 4.79 Å². The van der Waals surface area contributed by atoms with Gasteiger partial charge < -0.3 is 20.1 Å². The molecule has 35 heavy (non-hydrogen) atoms. The minimum absolute atomic E-state index is 0.0982. The molecule has 8 nitrogen and oxygen atoms in total. The third-order valence-electron chi connectivity index (χ3n) is 5.52. The summed E-state index contributed by atoms with van der Waals surface area (Å²) >= 11 is 6.38. The molecular weight excluding hydrogens is 490 g/mol. The van der Waals surface area contributed by atoms with Crippen LogP contribution in [0.15, 0.2) is 65.6 Å². The van der Waals surface area contributed by atoms with Crippen LogP contribution in [-0.2, 0) is 21.2 Å². The fourth-order valence-electron chi connectivity index (χ4n) is 3.63. The number of primary amides is 1. The van der Waals surface area contributed by atoms with Crippen molar-refractivity contribution < 1.29 is 22.7 Å². The van der Waals surface area contributed by atoms with Crippen LogP contribution >= 0.6 is 11.6 Å². The van der Waals surface area contributed by atoms with Crippen LogP contribution in [0.4, 0.5) is 5.69 Å². The molecule has 3 aromatic carbocycles. The minimum Gasteiger partial charge on any atom is -0.493 e. The fraction of sp³-hybridized carbons (Fsp3) is 0.240. The molecule has 0 radical (unpaired) electrons. The van der Waals surface area contributed by atoms with Crippen molar-refractivity contribution in [3.63, 3.8) is 0 Å². The Balaban J connectivity index is 2.06. The second-order valence-corrected chi connectivity index (χ2v) is 10.1. The Labute approximate surface area is 210 Å². The molecule has 1 atom stereocenters. The molecule has 1 unspecified atom stereocenters. The third kappa shape index (κ3) is 6.05. The first-order chi connectivity index (χ1) is 16.6. The minimum atomic E-state index is -4.16. The normalized spacial score (nSPS) is 12.1. The number of nitrogens with two attached hydrogens (primary N) is 1. The Hall–Kier alpha value is -3.27. The summed E-state index contributed by atoms with van der Waals surface area (Å²) in [4.78, 5) is 14.3. The van der Waals surface area contributed by atoms with Gasteiger partial charge in [-0.1, -0.05) is 35.9 Å². The maximum atomic E-state index is 13.2. The number of methoxy groups -OCH3 is 2. The Bertz CT molecular complexity index is 1330. The maximum Gasteiger partial charge on any atom is 0.241 e. The summed E-state index contributed by atoms with van der Waals surface area (Å²) < 4.78 is 39.3. The molecule has 0 aromatic heterocycles. The van der Waals surface area contributed by atoms with E-state index < -0.39 is 22.0 Å². The van der Waals surface area contributed by atoms with Gasteiger partial charge in [0.05, 0.1) is 19.1 Å². The quantitative estimate of drug-likeness (QED) is 0.425. The van der Waals surface area contributed by atoms with Crippen molar-refractivity contribution in [2.75, 3.05) is 33.2 Å². The van der Waals surface area contributed by atoms with Crippen LogP contribution in [0.3, 0.4) is 0 Å². The molecule has 3 rings (SSSR count). The van der Waals surface area contributed by atoms with Crippen LogP contribution in [0.25, 0.3) is 0 Å². The third-order valence-corrected chi connectivity index (χ3v) is 7.30. The van der Waals surface area contributed by atoms with Crippen LogP contribution < -0.4 is 24.8 Å². The van der Waals surface area contributed by atoms with E-state index in [0.29, 0.717) is 28.3 Å². The lowest BCUT2D eigenvalue weighted by Gasteiger charge is -2.22. The van der Waals surface area contributed by atoms with Crippen LogP contribution in [0, 0.1) is 0 Å². The number of nitrogens with zero attached hydrogens (tertiary/aromatic N) is 1. The van der Waals surface area contributed by atoms with E-state index in [1.807, 2.05) is 43.3 Å². The van der Waals surface area contributed by atoms with Gasteiger partial charge in [-0.15, -0.1) is 0 Å². The zero-order valence-electron chi connectivity index (χ0n) is 19.9. The van der Waals surface area contributed by atoms with Crippen molar-refractivity contribution in [1.82, 2.24) is 4.72 Å². The van der Waals surface area contributed by atoms with Gasteiger partial charge in [-0.05, 0) is 53.4 Å². The van der Waals surface area contributed by atoms with Gasteiger partial charge in [0.1, 0.15) is 6.04 Å². The molecule has 186 valence electrons. The van der Waals surface area contributed by atoms with Gasteiger partial charge >= 0.3 is 0 Å². The molecule has 0 spiro atoms. The van der Waals surface area contributed by atoms with Gasteiger partial charge in [-0.2, -0.15) is 4.72 Å². The fourth-order valence-corrected chi connectivity index (χ4v) is 5.04. The largest absolute Gasteiger partial charge is 0.493 e. The maximum absolute atomic E-state index is 13.2. The van der Waals surface area contributed by atoms with Gasteiger partial charge in [0.25, 0.3) is 0 Å². The van der Waals surface area contributed by atoms with Crippen LogP contribution in [-0.4, -0.2) is 42.6 Å². The predicted octanol–water partition coefficient (Wildman–Crippen LogP) is 3.52. The predicted molar refractivity (Wildman–Crippen MR) is 137 cm³/mol. The number of amides is 1. The molecule has 3 N–H and O–H groups in total. The Morgan fingerprint density at radius 3 is 2.29 bits per heavy atom. The smallest absolute Gasteiger partial charge is 0.241 e. The lowest BCUT2D eigenvalue weighted by atomic mass is 9.94. The van der Waals surface area contributed by atoms with Gasteiger partial charge in [-0.25, -0.2) is 8.42 Å². The second kappa shape index (κ2) is 11.0. The van der Waals surface area contributed by atoms with E-state index in [-0.39, 0.29) is 10.6 Å². The highest BCUT2D eigenvalue weighted by molar-refractivity contribution is 7.89. The highest BCUT2D eigenvalue weighted by Crippen LogP contribution is 2.32. The van der Waals surface area contributed by atoms with Gasteiger partial charge in [0, 0.05) is 30.9 Å². The van der Waals surface area contributed by atoms with E-state index >= 15 is 0 Å². The molecule has 0 fully saturated rings.